The smallest absolute Gasteiger partial charge is 0.0431 e. The molecular formula is C21H45NO. The molecule has 2 nitrogen and oxygen atoms in total. The first kappa shape index (κ1) is 22.9. The quantitative estimate of drug-likeness (QED) is 0.277. The van der Waals surface area contributed by atoms with Crippen LogP contribution in [-0.2, 0) is 0 Å². The van der Waals surface area contributed by atoms with Gasteiger partial charge in [-0.25, -0.2) is 0 Å². The van der Waals surface area contributed by atoms with Crippen LogP contribution < -0.4 is 5.73 Å². The maximum absolute atomic E-state index is 8.80. The minimum atomic E-state index is 0.359. The van der Waals surface area contributed by atoms with Gasteiger partial charge in [0, 0.05) is 6.61 Å². The second-order valence-electron chi connectivity index (χ2n) is 7.34. The van der Waals surface area contributed by atoms with Crippen molar-refractivity contribution in [3.63, 3.8) is 0 Å². The van der Waals surface area contributed by atoms with Gasteiger partial charge in [-0.15, -0.1) is 0 Å². The van der Waals surface area contributed by atoms with Crippen LogP contribution in [0.1, 0.15) is 116 Å². The fraction of sp³-hybridized carbons (Fsp3) is 1.00. The number of aliphatic hydroxyl groups is 1. The Hall–Kier alpha value is -0.0800. The number of hydrogen-bond donors (Lipinski definition) is 2. The van der Waals surface area contributed by atoms with Crippen LogP contribution >= 0.6 is 0 Å². The predicted octanol–water partition coefficient (Wildman–Crippen LogP) is 6.21. The molecule has 0 heterocycles. The highest BCUT2D eigenvalue weighted by Crippen LogP contribution is 2.23. The maximum atomic E-state index is 8.80. The monoisotopic (exact) mass is 327 g/mol. The molecule has 0 rings (SSSR count). The number of rotatable bonds is 19. The van der Waals surface area contributed by atoms with Crippen molar-refractivity contribution in [2.75, 3.05) is 13.2 Å². The summed E-state index contributed by atoms with van der Waals surface area (Å²) < 4.78 is 0. The SMILES string of the molecule is CCCCCCCCCCC(CCCN)CCCCCCCO. The van der Waals surface area contributed by atoms with Gasteiger partial charge >= 0.3 is 0 Å². The Balaban J connectivity index is 3.54. The van der Waals surface area contributed by atoms with E-state index in [2.05, 4.69) is 6.92 Å². The first-order valence-electron chi connectivity index (χ1n) is 10.7. The summed E-state index contributed by atoms with van der Waals surface area (Å²) in [6.07, 6.45) is 22.9. The first-order valence-corrected chi connectivity index (χ1v) is 10.7. The molecule has 23 heavy (non-hydrogen) atoms. The van der Waals surface area contributed by atoms with E-state index in [1.54, 1.807) is 0 Å². The van der Waals surface area contributed by atoms with Crippen LogP contribution in [0.25, 0.3) is 0 Å². The molecule has 0 aromatic heterocycles. The van der Waals surface area contributed by atoms with E-state index in [0.717, 1.165) is 18.9 Å². The van der Waals surface area contributed by atoms with Crippen molar-refractivity contribution < 1.29 is 5.11 Å². The van der Waals surface area contributed by atoms with Gasteiger partial charge in [0.25, 0.3) is 0 Å². The van der Waals surface area contributed by atoms with Gasteiger partial charge in [-0.1, -0.05) is 96.8 Å². The van der Waals surface area contributed by atoms with Crippen LogP contribution in [0.4, 0.5) is 0 Å². The van der Waals surface area contributed by atoms with Crippen molar-refractivity contribution in [3.05, 3.63) is 0 Å². The van der Waals surface area contributed by atoms with Crippen molar-refractivity contribution in [1.82, 2.24) is 0 Å². The van der Waals surface area contributed by atoms with Crippen LogP contribution in [0.2, 0.25) is 0 Å². The summed E-state index contributed by atoms with van der Waals surface area (Å²) in [7, 11) is 0. The molecule has 140 valence electrons. The largest absolute Gasteiger partial charge is 0.396 e. The maximum Gasteiger partial charge on any atom is 0.0431 e. The van der Waals surface area contributed by atoms with E-state index in [0.29, 0.717) is 6.61 Å². The van der Waals surface area contributed by atoms with Crippen molar-refractivity contribution in [3.8, 4) is 0 Å². The van der Waals surface area contributed by atoms with E-state index >= 15 is 0 Å². The molecule has 0 bridgehead atoms. The zero-order chi connectivity index (χ0) is 17.0. The molecule has 0 aliphatic carbocycles. The van der Waals surface area contributed by atoms with E-state index < -0.39 is 0 Å². The van der Waals surface area contributed by atoms with Gasteiger partial charge in [0.2, 0.25) is 0 Å². The second-order valence-corrected chi connectivity index (χ2v) is 7.34. The average molecular weight is 328 g/mol. The lowest BCUT2D eigenvalue weighted by Gasteiger charge is -2.16. The molecule has 0 fully saturated rings. The van der Waals surface area contributed by atoms with Crippen molar-refractivity contribution in [2.24, 2.45) is 11.7 Å². The molecule has 0 saturated heterocycles. The number of nitrogens with two attached hydrogens (primary N) is 1. The lowest BCUT2D eigenvalue weighted by atomic mass is 9.90. The molecule has 0 saturated carbocycles. The van der Waals surface area contributed by atoms with Gasteiger partial charge < -0.3 is 10.8 Å². The summed E-state index contributed by atoms with van der Waals surface area (Å²) in [6.45, 7) is 3.50. The summed E-state index contributed by atoms with van der Waals surface area (Å²) in [5, 5.41) is 8.80. The molecule has 1 unspecified atom stereocenters. The minimum absolute atomic E-state index is 0.359. The van der Waals surface area contributed by atoms with Crippen molar-refractivity contribution in [1.29, 1.82) is 0 Å². The number of hydrogen-bond acceptors (Lipinski definition) is 2. The fourth-order valence-corrected chi connectivity index (χ4v) is 3.48. The third-order valence-electron chi connectivity index (χ3n) is 5.05. The highest BCUT2D eigenvalue weighted by atomic mass is 16.2. The Morgan fingerprint density at radius 3 is 1.52 bits per heavy atom. The van der Waals surface area contributed by atoms with E-state index in [1.165, 1.54) is 103 Å². The first-order chi connectivity index (χ1) is 11.3. The van der Waals surface area contributed by atoms with Crippen LogP contribution in [0.5, 0.6) is 0 Å². The van der Waals surface area contributed by atoms with E-state index in [-0.39, 0.29) is 0 Å². The molecule has 3 N–H and O–H groups in total. The molecule has 1 atom stereocenters. The van der Waals surface area contributed by atoms with E-state index in [1.807, 2.05) is 0 Å². The summed E-state index contributed by atoms with van der Waals surface area (Å²) in [6, 6.07) is 0. The van der Waals surface area contributed by atoms with Gasteiger partial charge in [-0.2, -0.15) is 0 Å². The summed E-state index contributed by atoms with van der Waals surface area (Å²) in [4.78, 5) is 0. The fourth-order valence-electron chi connectivity index (χ4n) is 3.48. The molecule has 0 aliphatic rings. The van der Waals surface area contributed by atoms with Gasteiger partial charge in [0.15, 0.2) is 0 Å². The second kappa shape index (κ2) is 20.0. The Kier molecular flexibility index (Phi) is 19.9. The Labute approximate surface area is 146 Å². The predicted molar refractivity (Wildman–Crippen MR) is 104 cm³/mol. The van der Waals surface area contributed by atoms with Crippen LogP contribution in [0, 0.1) is 5.92 Å². The van der Waals surface area contributed by atoms with Gasteiger partial charge in [-0.3, -0.25) is 0 Å². The number of unbranched alkanes of at least 4 members (excludes halogenated alkanes) is 11. The number of aliphatic hydroxyl groups excluding tert-OH is 1. The Morgan fingerprint density at radius 1 is 0.609 bits per heavy atom. The third kappa shape index (κ3) is 18.1. The molecule has 0 radical (unpaired) electrons. The molecule has 2 heteroatoms. The molecule has 0 amide bonds. The molecular weight excluding hydrogens is 282 g/mol. The minimum Gasteiger partial charge on any atom is -0.396 e. The zero-order valence-electron chi connectivity index (χ0n) is 16.0. The topological polar surface area (TPSA) is 46.2 Å². The van der Waals surface area contributed by atoms with Crippen LogP contribution in [0.15, 0.2) is 0 Å². The summed E-state index contributed by atoms with van der Waals surface area (Å²) in [5.41, 5.74) is 5.70. The highest BCUT2D eigenvalue weighted by molar-refractivity contribution is 4.62. The summed E-state index contributed by atoms with van der Waals surface area (Å²) >= 11 is 0. The third-order valence-corrected chi connectivity index (χ3v) is 5.05. The molecule has 0 spiro atoms. The lowest BCUT2D eigenvalue weighted by molar-refractivity contribution is 0.281. The molecule has 0 aromatic rings. The standard InChI is InChI=1S/C21H45NO/c1-2-3-4-5-6-7-9-12-16-21(18-15-19-22)17-13-10-8-11-14-20-23/h21,23H,2-20,22H2,1H3. The van der Waals surface area contributed by atoms with Crippen molar-refractivity contribution in [2.45, 2.75) is 116 Å². The van der Waals surface area contributed by atoms with E-state index in [9.17, 15) is 0 Å². The van der Waals surface area contributed by atoms with Gasteiger partial charge in [0.05, 0.1) is 0 Å². The molecule has 0 aromatic carbocycles. The average Bonchev–Trinajstić information content (AvgIpc) is 2.57. The van der Waals surface area contributed by atoms with Gasteiger partial charge in [0.1, 0.15) is 0 Å². The van der Waals surface area contributed by atoms with Crippen LogP contribution in [-0.4, -0.2) is 18.3 Å². The normalized spacial score (nSPS) is 12.7. The zero-order valence-corrected chi connectivity index (χ0v) is 16.0. The van der Waals surface area contributed by atoms with E-state index in [4.69, 9.17) is 10.8 Å². The van der Waals surface area contributed by atoms with Crippen molar-refractivity contribution >= 4 is 0 Å². The van der Waals surface area contributed by atoms with Crippen LogP contribution in [0.3, 0.4) is 0 Å². The van der Waals surface area contributed by atoms with Gasteiger partial charge in [-0.05, 0) is 31.7 Å². The Morgan fingerprint density at radius 2 is 1.04 bits per heavy atom. The Bertz CT molecular complexity index is 208. The summed E-state index contributed by atoms with van der Waals surface area (Å²) in [5.74, 6) is 0.913. The lowest BCUT2D eigenvalue weighted by Crippen LogP contribution is -2.06. The highest BCUT2D eigenvalue weighted by Gasteiger charge is 2.08. The molecule has 0 aliphatic heterocycles.